The highest BCUT2D eigenvalue weighted by atomic mass is 16.2. The first-order valence-corrected chi connectivity index (χ1v) is 3.32. The molecule has 3 nitrogen and oxygen atoms in total. The van der Waals surface area contributed by atoms with Crippen LogP contribution in [0.25, 0.3) is 0 Å². The van der Waals surface area contributed by atoms with E-state index in [1.807, 2.05) is 6.08 Å². The van der Waals surface area contributed by atoms with Crippen molar-refractivity contribution in [3.8, 4) is 0 Å². The van der Waals surface area contributed by atoms with Gasteiger partial charge < -0.3 is 10.6 Å². The summed E-state index contributed by atoms with van der Waals surface area (Å²) in [4.78, 5) is 10.7. The zero-order valence-corrected chi connectivity index (χ0v) is 5.48. The van der Waals surface area contributed by atoms with E-state index in [0.29, 0.717) is 0 Å². The molecule has 1 aliphatic carbocycles. The van der Waals surface area contributed by atoms with Gasteiger partial charge >= 0.3 is 6.03 Å². The molecule has 3 heteroatoms. The highest BCUT2D eigenvalue weighted by molar-refractivity contribution is 5.79. The van der Waals surface area contributed by atoms with Crippen LogP contribution in [0.15, 0.2) is 23.5 Å². The first-order valence-electron chi connectivity index (χ1n) is 3.32. The zero-order chi connectivity index (χ0) is 6.97. The molecule has 0 aromatic heterocycles. The van der Waals surface area contributed by atoms with E-state index in [1.165, 1.54) is 5.57 Å². The van der Waals surface area contributed by atoms with Gasteiger partial charge in [0.15, 0.2) is 0 Å². The maximum absolute atomic E-state index is 10.7. The van der Waals surface area contributed by atoms with Crippen LogP contribution in [0.3, 0.4) is 0 Å². The predicted octanol–water partition coefficient (Wildman–Crippen LogP) is 0.861. The Hall–Kier alpha value is -1.25. The van der Waals surface area contributed by atoms with Gasteiger partial charge in [0.05, 0.1) is 0 Å². The Morgan fingerprint density at radius 1 is 1.40 bits per heavy atom. The SMILES string of the molecule is O=C1NC=CC(=C2CC2)N1. The van der Waals surface area contributed by atoms with E-state index in [-0.39, 0.29) is 6.03 Å². The smallest absolute Gasteiger partial charge is 0.314 e. The van der Waals surface area contributed by atoms with Crippen LogP contribution in [0.5, 0.6) is 0 Å². The average Bonchev–Trinajstić information content (AvgIpc) is 2.68. The number of allylic oxidation sites excluding steroid dienone is 2. The van der Waals surface area contributed by atoms with Crippen LogP contribution in [-0.2, 0) is 0 Å². The Morgan fingerprint density at radius 3 is 2.80 bits per heavy atom. The number of amides is 2. The fourth-order valence-electron chi connectivity index (χ4n) is 0.939. The van der Waals surface area contributed by atoms with Crippen LogP contribution in [0, 0.1) is 0 Å². The average molecular weight is 136 g/mol. The Bertz CT molecular complexity index is 234. The molecule has 2 amide bonds. The second kappa shape index (κ2) is 1.87. The molecule has 0 atom stereocenters. The fourth-order valence-corrected chi connectivity index (χ4v) is 0.939. The van der Waals surface area contributed by atoms with Gasteiger partial charge in [-0.15, -0.1) is 0 Å². The lowest BCUT2D eigenvalue weighted by Crippen LogP contribution is -2.34. The molecule has 2 N–H and O–H groups in total. The lowest BCUT2D eigenvalue weighted by molar-refractivity contribution is 0.246. The van der Waals surface area contributed by atoms with Crippen molar-refractivity contribution in [3.63, 3.8) is 0 Å². The quantitative estimate of drug-likeness (QED) is 0.509. The monoisotopic (exact) mass is 136 g/mol. The number of hydrogen-bond donors (Lipinski definition) is 2. The molecule has 0 saturated heterocycles. The summed E-state index contributed by atoms with van der Waals surface area (Å²) < 4.78 is 0. The lowest BCUT2D eigenvalue weighted by atomic mass is 10.3. The minimum Gasteiger partial charge on any atom is -0.314 e. The van der Waals surface area contributed by atoms with Crippen LogP contribution in [0.1, 0.15) is 12.8 Å². The van der Waals surface area contributed by atoms with E-state index in [9.17, 15) is 4.79 Å². The lowest BCUT2D eigenvalue weighted by Gasteiger charge is -2.09. The highest BCUT2D eigenvalue weighted by Gasteiger charge is 2.18. The summed E-state index contributed by atoms with van der Waals surface area (Å²) in [6.07, 6.45) is 5.84. The third-order valence-electron chi connectivity index (χ3n) is 1.59. The van der Waals surface area contributed by atoms with Crippen LogP contribution >= 0.6 is 0 Å². The number of nitrogens with one attached hydrogen (secondary N) is 2. The Kier molecular flexibility index (Phi) is 1.03. The van der Waals surface area contributed by atoms with Gasteiger partial charge in [0.1, 0.15) is 0 Å². The molecule has 1 aliphatic heterocycles. The van der Waals surface area contributed by atoms with Crippen LogP contribution in [0.2, 0.25) is 0 Å². The van der Waals surface area contributed by atoms with Gasteiger partial charge in [0.2, 0.25) is 0 Å². The Morgan fingerprint density at radius 2 is 2.20 bits per heavy atom. The van der Waals surface area contributed by atoms with E-state index in [1.54, 1.807) is 6.20 Å². The molecule has 0 spiro atoms. The number of carbonyl (C=O) groups is 1. The van der Waals surface area contributed by atoms with Crippen molar-refractivity contribution in [2.75, 3.05) is 0 Å². The molecule has 0 aromatic carbocycles. The second-order valence-corrected chi connectivity index (χ2v) is 2.45. The molecule has 0 unspecified atom stereocenters. The fraction of sp³-hybridized carbons (Fsp3) is 0.286. The molecule has 2 aliphatic rings. The molecule has 1 saturated carbocycles. The van der Waals surface area contributed by atoms with Gasteiger partial charge in [-0.2, -0.15) is 0 Å². The molecule has 52 valence electrons. The van der Waals surface area contributed by atoms with E-state index < -0.39 is 0 Å². The summed E-state index contributed by atoms with van der Waals surface area (Å²) >= 11 is 0. The van der Waals surface area contributed by atoms with Gasteiger partial charge in [-0.1, -0.05) is 0 Å². The molecule has 0 aromatic rings. The van der Waals surface area contributed by atoms with Crippen LogP contribution in [0.4, 0.5) is 4.79 Å². The predicted molar refractivity (Wildman–Crippen MR) is 37.1 cm³/mol. The van der Waals surface area contributed by atoms with Crippen molar-refractivity contribution in [1.29, 1.82) is 0 Å². The van der Waals surface area contributed by atoms with Crippen molar-refractivity contribution < 1.29 is 4.79 Å². The maximum atomic E-state index is 10.7. The molecule has 0 radical (unpaired) electrons. The minimum absolute atomic E-state index is 0.128. The third kappa shape index (κ3) is 0.900. The molecule has 1 heterocycles. The second-order valence-electron chi connectivity index (χ2n) is 2.45. The van der Waals surface area contributed by atoms with Gasteiger partial charge in [-0.05, 0) is 24.5 Å². The molecule has 2 rings (SSSR count). The Labute approximate surface area is 58.8 Å². The first kappa shape index (κ1) is 5.53. The standard InChI is InChI=1S/C7H8N2O/c10-7-8-4-3-6(9-7)5-1-2-5/h3-4H,1-2H2,(H2,8,9,10). The van der Waals surface area contributed by atoms with Crippen LogP contribution in [-0.4, -0.2) is 6.03 Å². The summed E-state index contributed by atoms with van der Waals surface area (Å²) in [6, 6.07) is -0.128. The van der Waals surface area contributed by atoms with Crippen molar-refractivity contribution in [2.45, 2.75) is 12.8 Å². The van der Waals surface area contributed by atoms with Crippen molar-refractivity contribution >= 4 is 6.03 Å². The highest BCUT2D eigenvalue weighted by Crippen LogP contribution is 2.31. The van der Waals surface area contributed by atoms with Crippen LogP contribution < -0.4 is 10.6 Å². The largest absolute Gasteiger partial charge is 0.323 e. The summed E-state index contributed by atoms with van der Waals surface area (Å²) in [5.41, 5.74) is 2.34. The number of urea groups is 1. The van der Waals surface area contributed by atoms with E-state index in [0.717, 1.165) is 18.5 Å². The zero-order valence-electron chi connectivity index (χ0n) is 5.48. The molecular formula is C7H8N2O. The number of hydrogen-bond acceptors (Lipinski definition) is 1. The number of rotatable bonds is 0. The summed E-state index contributed by atoms with van der Waals surface area (Å²) in [7, 11) is 0. The molecule has 0 bridgehead atoms. The van der Waals surface area contributed by atoms with Crippen molar-refractivity contribution in [3.05, 3.63) is 23.5 Å². The third-order valence-corrected chi connectivity index (χ3v) is 1.59. The summed E-state index contributed by atoms with van der Waals surface area (Å²) in [5.74, 6) is 0. The van der Waals surface area contributed by atoms with Gasteiger partial charge in [-0.25, -0.2) is 4.79 Å². The first-order chi connectivity index (χ1) is 4.86. The molecule has 1 fully saturated rings. The number of carbonyl (C=O) groups excluding carboxylic acids is 1. The van der Waals surface area contributed by atoms with E-state index in [2.05, 4.69) is 10.6 Å². The van der Waals surface area contributed by atoms with E-state index in [4.69, 9.17) is 0 Å². The van der Waals surface area contributed by atoms with Crippen molar-refractivity contribution in [2.24, 2.45) is 0 Å². The normalized spacial score (nSPS) is 22.2. The van der Waals surface area contributed by atoms with Gasteiger partial charge in [0, 0.05) is 11.9 Å². The minimum atomic E-state index is -0.128. The van der Waals surface area contributed by atoms with E-state index >= 15 is 0 Å². The van der Waals surface area contributed by atoms with Gasteiger partial charge in [-0.3, -0.25) is 0 Å². The van der Waals surface area contributed by atoms with Gasteiger partial charge in [0.25, 0.3) is 0 Å². The molecular weight excluding hydrogens is 128 g/mol. The summed E-state index contributed by atoms with van der Waals surface area (Å²) in [6.45, 7) is 0. The molecule has 10 heavy (non-hydrogen) atoms. The van der Waals surface area contributed by atoms with Crippen molar-refractivity contribution in [1.82, 2.24) is 10.6 Å². The summed E-state index contributed by atoms with van der Waals surface area (Å²) in [5, 5.41) is 5.25. The topological polar surface area (TPSA) is 41.1 Å². The Balaban J connectivity index is 2.24. The maximum Gasteiger partial charge on any atom is 0.323 e.